The van der Waals surface area contributed by atoms with E-state index in [1.165, 1.54) is 4.70 Å². The van der Waals surface area contributed by atoms with E-state index in [0.29, 0.717) is 0 Å². The van der Waals surface area contributed by atoms with Crippen LogP contribution < -0.4 is 5.32 Å². The Labute approximate surface area is 103 Å². The highest BCUT2D eigenvalue weighted by Crippen LogP contribution is 2.25. The zero-order valence-corrected chi connectivity index (χ0v) is 10.2. The Morgan fingerprint density at radius 1 is 1.29 bits per heavy atom. The topological polar surface area (TPSA) is 42.7 Å². The van der Waals surface area contributed by atoms with Crippen molar-refractivity contribution < 1.29 is 0 Å². The van der Waals surface area contributed by atoms with Crippen molar-refractivity contribution in [3.63, 3.8) is 0 Å². The van der Waals surface area contributed by atoms with Gasteiger partial charge in [0.25, 0.3) is 0 Å². The molecule has 0 amide bonds. The van der Waals surface area contributed by atoms with E-state index in [9.17, 15) is 0 Å². The maximum absolute atomic E-state index is 4.52. The number of aromatic nitrogens is 3. The smallest absolute Gasteiger partial charge is 0.184 e. The van der Waals surface area contributed by atoms with Crippen molar-refractivity contribution in [3.8, 4) is 0 Å². The average molecular weight is 244 g/mol. The molecular weight excluding hydrogens is 232 g/mol. The van der Waals surface area contributed by atoms with Crippen molar-refractivity contribution in [3.05, 3.63) is 42.2 Å². The van der Waals surface area contributed by atoms with E-state index < -0.39 is 0 Å². The van der Waals surface area contributed by atoms with E-state index in [1.807, 2.05) is 36.0 Å². The summed E-state index contributed by atoms with van der Waals surface area (Å²) in [4.78, 5) is 4.52. The van der Waals surface area contributed by atoms with E-state index >= 15 is 0 Å². The normalized spacial score (nSPS) is 10.9. The lowest BCUT2D eigenvalue weighted by Crippen LogP contribution is -2.04. The molecule has 1 N–H and O–H groups in total. The molecule has 4 nitrogen and oxygen atoms in total. The Hall–Kier alpha value is -1.88. The molecule has 0 saturated heterocycles. The van der Waals surface area contributed by atoms with Gasteiger partial charge in [-0.1, -0.05) is 23.5 Å². The second-order valence-electron chi connectivity index (χ2n) is 3.79. The van der Waals surface area contributed by atoms with Gasteiger partial charge in [-0.05, 0) is 18.2 Å². The van der Waals surface area contributed by atoms with Gasteiger partial charge in [-0.15, -0.1) is 0 Å². The van der Waals surface area contributed by atoms with Crippen molar-refractivity contribution in [1.29, 1.82) is 0 Å². The Morgan fingerprint density at radius 2 is 2.18 bits per heavy atom. The molecule has 5 heteroatoms. The van der Waals surface area contributed by atoms with Gasteiger partial charge < -0.3 is 5.32 Å². The van der Waals surface area contributed by atoms with E-state index in [-0.39, 0.29) is 0 Å². The summed E-state index contributed by atoms with van der Waals surface area (Å²) in [5.41, 5.74) is 2.19. The SMILES string of the molecule is Cn1nccc1CNc1nc2ccccc2s1. The quantitative estimate of drug-likeness (QED) is 0.770. The zero-order valence-electron chi connectivity index (χ0n) is 9.42. The molecule has 0 fully saturated rings. The van der Waals surface area contributed by atoms with Crippen LogP contribution in [0.4, 0.5) is 5.13 Å². The molecule has 3 aromatic rings. The molecule has 86 valence electrons. The molecule has 0 saturated carbocycles. The highest BCUT2D eigenvalue weighted by molar-refractivity contribution is 7.22. The number of nitrogens with zero attached hydrogens (tertiary/aromatic N) is 3. The van der Waals surface area contributed by atoms with Gasteiger partial charge in [-0.25, -0.2) is 4.98 Å². The molecule has 2 aromatic heterocycles. The number of thiazole rings is 1. The van der Waals surface area contributed by atoms with E-state index in [1.54, 1.807) is 17.5 Å². The molecule has 0 aliphatic heterocycles. The predicted molar refractivity (Wildman–Crippen MR) is 70.2 cm³/mol. The first-order chi connectivity index (χ1) is 8.33. The molecule has 0 radical (unpaired) electrons. The number of hydrogen-bond acceptors (Lipinski definition) is 4. The first-order valence-corrected chi connectivity index (χ1v) is 6.21. The molecule has 1 aromatic carbocycles. The molecule has 0 atom stereocenters. The minimum Gasteiger partial charge on any atom is -0.356 e. The van der Waals surface area contributed by atoms with Crippen LogP contribution in [0.15, 0.2) is 36.5 Å². The molecule has 2 heterocycles. The van der Waals surface area contributed by atoms with Crippen LogP contribution in [-0.4, -0.2) is 14.8 Å². The summed E-state index contributed by atoms with van der Waals surface area (Å²) in [7, 11) is 1.94. The van der Waals surface area contributed by atoms with Gasteiger partial charge in [-0.2, -0.15) is 5.10 Å². The monoisotopic (exact) mass is 244 g/mol. The van der Waals surface area contributed by atoms with E-state index in [4.69, 9.17) is 0 Å². The van der Waals surface area contributed by atoms with Gasteiger partial charge in [0.1, 0.15) is 0 Å². The van der Waals surface area contributed by atoms with Crippen LogP contribution in [0.25, 0.3) is 10.2 Å². The van der Waals surface area contributed by atoms with Crippen LogP contribution in [0, 0.1) is 0 Å². The van der Waals surface area contributed by atoms with Gasteiger partial charge in [0.2, 0.25) is 0 Å². The number of nitrogens with one attached hydrogen (secondary N) is 1. The van der Waals surface area contributed by atoms with E-state index in [2.05, 4.69) is 21.5 Å². The van der Waals surface area contributed by atoms with Gasteiger partial charge in [-0.3, -0.25) is 4.68 Å². The molecular formula is C12H12N4S. The molecule has 3 rings (SSSR count). The molecule has 0 aliphatic carbocycles. The van der Waals surface area contributed by atoms with Crippen LogP contribution >= 0.6 is 11.3 Å². The van der Waals surface area contributed by atoms with Crippen LogP contribution in [0.5, 0.6) is 0 Å². The highest BCUT2D eigenvalue weighted by Gasteiger charge is 2.03. The standard InChI is InChI=1S/C12H12N4S/c1-16-9(6-7-14-16)8-13-12-15-10-4-2-3-5-11(10)17-12/h2-7H,8H2,1H3,(H,13,15). The summed E-state index contributed by atoms with van der Waals surface area (Å²) in [6.45, 7) is 0.746. The maximum atomic E-state index is 4.52. The summed E-state index contributed by atoms with van der Waals surface area (Å²) < 4.78 is 3.07. The Bertz CT molecular complexity index is 608. The summed E-state index contributed by atoms with van der Waals surface area (Å²) in [6, 6.07) is 10.2. The van der Waals surface area contributed by atoms with Crippen molar-refractivity contribution >= 4 is 26.7 Å². The third-order valence-electron chi connectivity index (χ3n) is 2.64. The Kier molecular flexibility index (Phi) is 2.53. The van der Waals surface area contributed by atoms with Gasteiger partial charge >= 0.3 is 0 Å². The third-order valence-corrected chi connectivity index (χ3v) is 3.63. The van der Waals surface area contributed by atoms with Gasteiger partial charge in [0, 0.05) is 13.2 Å². The predicted octanol–water partition coefficient (Wildman–Crippen LogP) is 2.64. The average Bonchev–Trinajstić information content (AvgIpc) is 2.92. The number of para-hydroxylation sites is 1. The first-order valence-electron chi connectivity index (χ1n) is 5.39. The lowest BCUT2D eigenvalue weighted by molar-refractivity contribution is 0.720. The highest BCUT2D eigenvalue weighted by atomic mass is 32.1. The van der Waals surface area contributed by atoms with Crippen molar-refractivity contribution in [1.82, 2.24) is 14.8 Å². The number of aryl methyl sites for hydroxylation is 1. The molecule has 0 unspecified atom stereocenters. The summed E-state index contributed by atoms with van der Waals surface area (Å²) >= 11 is 1.67. The van der Waals surface area contributed by atoms with Crippen LogP contribution in [-0.2, 0) is 13.6 Å². The third kappa shape index (κ3) is 2.01. The van der Waals surface area contributed by atoms with Gasteiger partial charge in [0.15, 0.2) is 5.13 Å². The maximum Gasteiger partial charge on any atom is 0.184 e. The number of fused-ring (bicyclic) bond motifs is 1. The van der Waals surface area contributed by atoms with Crippen molar-refractivity contribution in [2.75, 3.05) is 5.32 Å². The fourth-order valence-corrected chi connectivity index (χ4v) is 2.55. The number of anilines is 1. The first kappa shape index (κ1) is 10.3. The second-order valence-corrected chi connectivity index (χ2v) is 4.82. The number of rotatable bonds is 3. The fraction of sp³-hybridized carbons (Fsp3) is 0.167. The Balaban J connectivity index is 1.79. The van der Waals surface area contributed by atoms with Crippen LogP contribution in [0.2, 0.25) is 0 Å². The minimum atomic E-state index is 0.746. The second kappa shape index (κ2) is 4.18. The lowest BCUT2D eigenvalue weighted by atomic mass is 10.3. The largest absolute Gasteiger partial charge is 0.356 e. The number of benzene rings is 1. The molecule has 0 spiro atoms. The van der Waals surface area contributed by atoms with Crippen molar-refractivity contribution in [2.45, 2.75) is 6.54 Å². The van der Waals surface area contributed by atoms with Gasteiger partial charge in [0.05, 0.1) is 22.5 Å². The lowest BCUT2D eigenvalue weighted by Gasteiger charge is -2.02. The summed E-state index contributed by atoms with van der Waals surface area (Å²) in [5.74, 6) is 0. The minimum absolute atomic E-state index is 0.746. The summed E-state index contributed by atoms with van der Waals surface area (Å²) in [5, 5.41) is 8.41. The molecule has 0 aliphatic rings. The van der Waals surface area contributed by atoms with E-state index in [0.717, 1.165) is 22.9 Å². The molecule has 0 bridgehead atoms. The van der Waals surface area contributed by atoms with Crippen LogP contribution in [0.1, 0.15) is 5.69 Å². The van der Waals surface area contributed by atoms with Crippen molar-refractivity contribution in [2.24, 2.45) is 7.05 Å². The zero-order chi connectivity index (χ0) is 11.7. The summed E-state index contributed by atoms with van der Waals surface area (Å²) in [6.07, 6.45) is 1.80. The fourth-order valence-electron chi connectivity index (χ4n) is 1.69. The number of hydrogen-bond donors (Lipinski definition) is 1. The Morgan fingerprint density at radius 3 is 2.94 bits per heavy atom. The molecule has 17 heavy (non-hydrogen) atoms. The van der Waals surface area contributed by atoms with Crippen LogP contribution in [0.3, 0.4) is 0 Å².